The lowest BCUT2D eigenvalue weighted by molar-refractivity contribution is 0.0696. The zero-order valence-electron chi connectivity index (χ0n) is 8.11. The SMILES string of the molecule is Cc1cc(C(=O)O)cc(S(=O)(=O)F)c1C. The highest BCUT2D eigenvalue weighted by Gasteiger charge is 2.19. The van der Waals surface area contributed by atoms with E-state index in [1.54, 1.807) is 0 Å². The first-order valence-electron chi connectivity index (χ1n) is 4.02. The third kappa shape index (κ3) is 2.33. The van der Waals surface area contributed by atoms with Gasteiger partial charge in [0, 0.05) is 0 Å². The number of aromatic carboxylic acids is 1. The summed E-state index contributed by atoms with van der Waals surface area (Å²) < 4.78 is 34.2. The van der Waals surface area contributed by atoms with Crippen molar-refractivity contribution in [2.45, 2.75) is 18.7 Å². The van der Waals surface area contributed by atoms with Gasteiger partial charge in [0.25, 0.3) is 0 Å². The van der Waals surface area contributed by atoms with E-state index in [2.05, 4.69) is 0 Å². The zero-order chi connectivity index (χ0) is 11.8. The fourth-order valence-electron chi connectivity index (χ4n) is 1.20. The number of hydrogen-bond acceptors (Lipinski definition) is 3. The monoisotopic (exact) mass is 232 g/mol. The first-order valence-corrected chi connectivity index (χ1v) is 5.41. The number of carboxylic acids is 1. The minimum atomic E-state index is -4.88. The van der Waals surface area contributed by atoms with E-state index in [1.807, 2.05) is 0 Å². The van der Waals surface area contributed by atoms with Crippen LogP contribution in [0.1, 0.15) is 21.5 Å². The summed E-state index contributed by atoms with van der Waals surface area (Å²) in [4.78, 5) is 10.0. The number of aryl methyl sites for hydroxylation is 1. The maximum Gasteiger partial charge on any atom is 0.335 e. The van der Waals surface area contributed by atoms with Gasteiger partial charge in [-0.3, -0.25) is 0 Å². The fourth-order valence-corrected chi connectivity index (χ4v) is 2.00. The van der Waals surface area contributed by atoms with Crippen molar-refractivity contribution >= 4 is 16.2 Å². The molecule has 0 spiro atoms. The van der Waals surface area contributed by atoms with Crippen LogP contribution >= 0.6 is 0 Å². The van der Waals surface area contributed by atoms with E-state index in [0.717, 1.165) is 6.07 Å². The second kappa shape index (κ2) is 3.62. The van der Waals surface area contributed by atoms with Crippen LogP contribution in [0.2, 0.25) is 0 Å². The molecule has 0 saturated carbocycles. The Kier molecular flexibility index (Phi) is 2.81. The molecule has 0 radical (unpaired) electrons. The summed E-state index contributed by atoms with van der Waals surface area (Å²) in [6.45, 7) is 2.95. The van der Waals surface area contributed by atoms with Gasteiger partial charge in [0.2, 0.25) is 0 Å². The summed E-state index contributed by atoms with van der Waals surface area (Å²) in [7, 11) is -4.88. The highest BCUT2D eigenvalue weighted by Crippen LogP contribution is 2.22. The molecule has 6 heteroatoms. The van der Waals surface area contributed by atoms with Crippen LogP contribution in [-0.2, 0) is 10.2 Å². The smallest absolute Gasteiger partial charge is 0.335 e. The molecule has 15 heavy (non-hydrogen) atoms. The molecular formula is C9H9FO4S. The lowest BCUT2D eigenvalue weighted by Gasteiger charge is -2.06. The number of benzene rings is 1. The zero-order valence-corrected chi connectivity index (χ0v) is 8.93. The number of carbonyl (C=O) groups is 1. The average molecular weight is 232 g/mol. The Balaban J connectivity index is 3.59. The maximum atomic E-state index is 12.8. The van der Waals surface area contributed by atoms with Crippen molar-refractivity contribution in [3.8, 4) is 0 Å². The molecule has 0 aliphatic rings. The standard InChI is InChI=1S/C9H9FO4S/c1-5-3-7(9(11)12)4-8(6(5)2)15(10,13)14/h3-4H,1-2H3,(H,11,12). The topological polar surface area (TPSA) is 71.4 Å². The van der Waals surface area contributed by atoms with E-state index in [0.29, 0.717) is 5.56 Å². The molecule has 0 fully saturated rings. The quantitative estimate of drug-likeness (QED) is 0.787. The highest BCUT2D eigenvalue weighted by molar-refractivity contribution is 7.86. The van der Waals surface area contributed by atoms with E-state index in [-0.39, 0.29) is 11.1 Å². The van der Waals surface area contributed by atoms with Crippen LogP contribution in [-0.4, -0.2) is 19.5 Å². The highest BCUT2D eigenvalue weighted by atomic mass is 32.3. The number of hydrogen-bond donors (Lipinski definition) is 1. The fraction of sp³-hybridized carbons (Fsp3) is 0.222. The van der Waals surface area contributed by atoms with Crippen LogP contribution in [0.15, 0.2) is 17.0 Å². The lowest BCUT2D eigenvalue weighted by Crippen LogP contribution is -2.04. The van der Waals surface area contributed by atoms with E-state index in [1.165, 1.54) is 19.9 Å². The first-order chi connectivity index (χ1) is 6.73. The van der Waals surface area contributed by atoms with Gasteiger partial charge in [-0.15, -0.1) is 3.89 Å². The van der Waals surface area contributed by atoms with Gasteiger partial charge in [0.15, 0.2) is 0 Å². The third-order valence-electron chi connectivity index (χ3n) is 2.13. The predicted octanol–water partition coefficient (Wildman–Crippen LogP) is 1.66. The first kappa shape index (κ1) is 11.6. The lowest BCUT2D eigenvalue weighted by atomic mass is 10.1. The van der Waals surface area contributed by atoms with Crippen molar-refractivity contribution in [1.29, 1.82) is 0 Å². The Hall–Kier alpha value is -1.43. The summed E-state index contributed by atoms with van der Waals surface area (Å²) >= 11 is 0. The van der Waals surface area contributed by atoms with Gasteiger partial charge in [-0.2, -0.15) is 8.42 Å². The van der Waals surface area contributed by atoms with Crippen LogP contribution in [0.25, 0.3) is 0 Å². The van der Waals surface area contributed by atoms with Crippen LogP contribution in [0, 0.1) is 13.8 Å². The van der Waals surface area contributed by atoms with Crippen LogP contribution in [0.5, 0.6) is 0 Å². The molecule has 1 aromatic rings. The molecule has 0 atom stereocenters. The van der Waals surface area contributed by atoms with Crippen molar-refractivity contribution in [3.05, 3.63) is 28.8 Å². The van der Waals surface area contributed by atoms with E-state index in [4.69, 9.17) is 5.11 Å². The van der Waals surface area contributed by atoms with Gasteiger partial charge >= 0.3 is 16.2 Å². The summed E-state index contributed by atoms with van der Waals surface area (Å²) in [6.07, 6.45) is 0. The average Bonchev–Trinajstić information content (AvgIpc) is 2.06. The molecule has 0 bridgehead atoms. The molecule has 0 saturated heterocycles. The Morgan fingerprint density at radius 3 is 2.27 bits per heavy atom. The maximum absolute atomic E-state index is 12.8. The molecule has 0 aliphatic heterocycles. The van der Waals surface area contributed by atoms with Crippen molar-refractivity contribution in [2.75, 3.05) is 0 Å². The normalized spacial score (nSPS) is 11.4. The molecule has 0 unspecified atom stereocenters. The van der Waals surface area contributed by atoms with Crippen molar-refractivity contribution in [1.82, 2.24) is 0 Å². The molecular weight excluding hydrogens is 223 g/mol. The minimum absolute atomic E-state index is 0.225. The second-order valence-corrected chi connectivity index (χ2v) is 4.47. The van der Waals surface area contributed by atoms with E-state index >= 15 is 0 Å². The molecule has 0 heterocycles. The number of halogens is 1. The van der Waals surface area contributed by atoms with Gasteiger partial charge in [-0.05, 0) is 37.1 Å². The predicted molar refractivity (Wildman–Crippen MR) is 51.2 cm³/mol. The number of rotatable bonds is 2. The molecule has 1 aromatic carbocycles. The van der Waals surface area contributed by atoms with Gasteiger partial charge in [0.1, 0.15) is 4.90 Å². The van der Waals surface area contributed by atoms with Crippen LogP contribution in [0.3, 0.4) is 0 Å². The van der Waals surface area contributed by atoms with E-state index < -0.39 is 21.1 Å². The Labute approximate surface area is 86.6 Å². The van der Waals surface area contributed by atoms with Gasteiger partial charge in [-0.25, -0.2) is 4.79 Å². The molecule has 4 nitrogen and oxygen atoms in total. The van der Waals surface area contributed by atoms with Crippen molar-refractivity contribution in [2.24, 2.45) is 0 Å². The Bertz CT molecular complexity index is 519. The molecule has 1 N–H and O–H groups in total. The van der Waals surface area contributed by atoms with Crippen LogP contribution in [0.4, 0.5) is 3.89 Å². The summed E-state index contributed by atoms with van der Waals surface area (Å²) in [5.74, 6) is -1.29. The van der Waals surface area contributed by atoms with Crippen molar-refractivity contribution < 1.29 is 22.2 Å². The largest absolute Gasteiger partial charge is 0.478 e. The van der Waals surface area contributed by atoms with Gasteiger partial charge in [-0.1, -0.05) is 0 Å². The Morgan fingerprint density at radius 2 is 1.87 bits per heavy atom. The Morgan fingerprint density at radius 1 is 1.33 bits per heavy atom. The van der Waals surface area contributed by atoms with Crippen molar-refractivity contribution in [3.63, 3.8) is 0 Å². The molecule has 0 amide bonds. The number of carboxylic acid groups (broad SMARTS) is 1. The van der Waals surface area contributed by atoms with Gasteiger partial charge in [0.05, 0.1) is 5.56 Å². The second-order valence-electron chi connectivity index (χ2n) is 3.16. The summed E-state index contributed by atoms with van der Waals surface area (Å²) in [5.41, 5.74) is 0.406. The van der Waals surface area contributed by atoms with Crippen LogP contribution < -0.4 is 0 Å². The molecule has 82 valence electrons. The minimum Gasteiger partial charge on any atom is -0.478 e. The molecule has 1 rings (SSSR count). The molecule has 0 aliphatic carbocycles. The molecule has 0 aromatic heterocycles. The third-order valence-corrected chi connectivity index (χ3v) is 3.08. The van der Waals surface area contributed by atoms with Gasteiger partial charge < -0.3 is 5.11 Å². The summed E-state index contributed by atoms with van der Waals surface area (Å²) in [5, 5.41) is 8.67. The summed E-state index contributed by atoms with van der Waals surface area (Å²) in [6, 6.07) is 2.12. The van der Waals surface area contributed by atoms with E-state index in [9.17, 15) is 17.1 Å².